The highest BCUT2D eigenvalue weighted by Gasteiger charge is 2.19. The van der Waals surface area contributed by atoms with E-state index in [0.29, 0.717) is 12.0 Å². The number of anilines is 1. The van der Waals surface area contributed by atoms with Gasteiger partial charge in [0.05, 0.1) is 6.10 Å². The Morgan fingerprint density at radius 3 is 2.50 bits per heavy atom. The molecule has 0 amide bonds. The maximum absolute atomic E-state index is 5.91. The topological polar surface area (TPSA) is 51.1 Å². The number of aromatic nitrogens is 3. The molecule has 0 bridgehead atoms. The molecule has 1 aliphatic rings. The number of hydrogen-bond donors (Lipinski definition) is 0. The molecule has 5 nitrogen and oxygen atoms in total. The molecule has 2 heterocycles. The van der Waals surface area contributed by atoms with Crippen molar-refractivity contribution in [3.05, 3.63) is 5.28 Å². The standard InChI is InChI=1S/C12H19ClN4O/c1-8(2)18-12-15-10(13)14-11(16-12)17-6-4-9(3)5-7-17/h8-9H,4-7H2,1-3H3. The van der Waals surface area contributed by atoms with E-state index in [0.717, 1.165) is 31.8 Å². The molecule has 0 spiro atoms. The van der Waals surface area contributed by atoms with E-state index in [9.17, 15) is 0 Å². The second kappa shape index (κ2) is 5.69. The summed E-state index contributed by atoms with van der Waals surface area (Å²) in [7, 11) is 0. The Morgan fingerprint density at radius 1 is 1.22 bits per heavy atom. The molecule has 2 rings (SSSR count). The van der Waals surface area contributed by atoms with Crippen LogP contribution in [0, 0.1) is 5.92 Å². The molecule has 0 aromatic carbocycles. The third-order valence-electron chi connectivity index (χ3n) is 2.98. The van der Waals surface area contributed by atoms with Crippen molar-refractivity contribution in [1.82, 2.24) is 15.0 Å². The molecule has 1 aliphatic heterocycles. The zero-order valence-corrected chi connectivity index (χ0v) is 11.8. The van der Waals surface area contributed by atoms with Gasteiger partial charge in [-0.25, -0.2) is 0 Å². The van der Waals surface area contributed by atoms with Crippen molar-refractivity contribution in [3.8, 4) is 6.01 Å². The smallest absolute Gasteiger partial charge is 0.322 e. The molecule has 1 aromatic heterocycles. The summed E-state index contributed by atoms with van der Waals surface area (Å²) < 4.78 is 5.47. The van der Waals surface area contributed by atoms with Gasteiger partial charge in [0.25, 0.3) is 0 Å². The van der Waals surface area contributed by atoms with Crippen LogP contribution in [0.4, 0.5) is 5.95 Å². The van der Waals surface area contributed by atoms with Crippen molar-refractivity contribution in [1.29, 1.82) is 0 Å². The Labute approximate surface area is 113 Å². The molecule has 0 aliphatic carbocycles. The molecule has 6 heteroatoms. The summed E-state index contributed by atoms with van der Waals surface area (Å²) in [4.78, 5) is 14.6. The van der Waals surface area contributed by atoms with Crippen LogP contribution in [0.1, 0.15) is 33.6 Å². The van der Waals surface area contributed by atoms with E-state index in [1.165, 1.54) is 0 Å². The minimum absolute atomic E-state index is 0.0256. The minimum atomic E-state index is 0.0256. The zero-order valence-electron chi connectivity index (χ0n) is 11.1. The highest BCUT2D eigenvalue weighted by atomic mass is 35.5. The third kappa shape index (κ3) is 3.45. The van der Waals surface area contributed by atoms with Crippen LogP contribution in [-0.4, -0.2) is 34.1 Å². The molecular formula is C12H19ClN4O. The summed E-state index contributed by atoms with van der Waals surface area (Å²) in [6, 6.07) is 0.304. The summed E-state index contributed by atoms with van der Waals surface area (Å²) in [5.41, 5.74) is 0. The number of nitrogens with zero attached hydrogens (tertiary/aromatic N) is 4. The lowest BCUT2D eigenvalue weighted by Crippen LogP contribution is -2.34. The maximum atomic E-state index is 5.91. The highest BCUT2D eigenvalue weighted by molar-refractivity contribution is 6.28. The van der Waals surface area contributed by atoms with Crippen molar-refractivity contribution >= 4 is 17.5 Å². The van der Waals surface area contributed by atoms with E-state index in [1.54, 1.807) is 0 Å². The number of halogens is 1. The Bertz CT molecular complexity index is 405. The van der Waals surface area contributed by atoms with Crippen LogP contribution in [0.5, 0.6) is 6.01 Å². The molecular weight excluding hydrogens is 252 g/mol. The number of ether oxygens (including phenoxy) is 1. The fraction of sp³-hybridized carbons (Fsp3) is 0.750. The average molecular weight is 271 g/mol. The zero-order chi connectivity index (χ0) is 13.1. The second-order valence-electron chi connectivity index (χ2n) is 5.02. The van der Waals surface area contributed by atoms with Gasteiger partial charge in [-0.2, -0.15) is 15.0 Å². The van der Waals surface area contributed by atoms with E-state index >= 15 is 0 Å². The van der Waals surface area contributed by atoms with Crippen LogP contribution in [0.25, 0.3) is 0 Å². The van der Waals surface area contributed by atoms with Gasteiger partial charge < -0.3 is 9.64 Å². The quantitative estimate of drug-likeness (QED) is 0.845. The van der Waals surface area contributed by atoms with Gasteiger partial charge in [-0.3, -0.25) is 0 Å². The van der Waals surface area contributed by atoms with E-state index in [1.807, 2.05) is 13.8 Å². The molecule has 100 valence electrons. The SMILES string of the molecule is CC1CCN(c2nc(Cl)nc(OC(C)C)n2)CC1. The van der Waals surface area contributed by atoms with Gasteiger partial charge >= 0.3 is 6.01 Å². The lowest BCUT2D eigenvalue weighted by Gasteiger charge is -2.30. The maximum Gasteiger partial charge on any atom is 0.322 e. The van der Waals surface area contributed by atoms with E-state index in [2.05, 4.69) is 26.8 Å². The molecule has 1 fully saturated rings. The first-order chi connectivity index (χ1) is 8.54. The fourth-order valence-electron chi connectivity index (χ4n) is 1.94. The predicted octanol–water partition coefficient (Wildman–Crippen LogP) is 2.55. The average Bonchev–Trinajstić information content (AvgIpc) is 2.28. The van der Waals surface area contributed by atoms with Gasteiger partial charge in [0, 0.05) is 13.1 Å². The van der Waals surface area contributed by atoms with Crippen LogP contribution >= 0.6 is 11.6 Å². The van der Waals surface area contributed by atoms with Crippen molar-refractivity contribution in [3.63, 3.8) is 0 Å². The highest BCUT2D eigenvalue weighted by Crippen LogP contribution is 2.22. The summed E-state index contributed by atoms with van der Waals surface area (Å²) in [5.74, 6) is 1.39. The lowest BCUT2D eigenvalue weighted by atomic mass is 10.00. The normalized spacial score (nSPS) is 17.3. The lowest BCUT2D eigenvalue weighted by molar-refractivity contribution is 0.221. The molecule has 0 unspecified atom stereocenters. The van der Waals surface area contributed by atoms with Crippen LogP contribution in [0.2, 0.25) is 5.28 Å². The van der Waals surface area contributed by atoms with E-state index in [4.69, 9.17) is 16.3 Å². The molecule has 18 heavy (non-hydrogen) atoms. The largest absolute Gasteiger partial charge is 0.461 e. The summed E-state index contributed by atoms with van der Waals surface area (Å²) in [6.45, 7) is 8.05. The fourth-order valence-corrected chi connectivity index (χ4v) is 2.08. The predicted molar refractivity (Wildman–Crippen MR) is 71.2 cm³/mol. The minimum Gasteiger partial charge on any atom is -0.461 e. The first-order valence-corrected chi connectivity index (χ1v) is 6.75. The Kier molecular flexibility index (Phi) is 4.22. The van der Waals surface area contributed by atoms with Crippen molar-refractivity contribution in [2.24, 2.45) is 5.92 Å². The third-order valence-corrected chi connectivity index (χ3v) is 3.15. The molecule has 0 radical (unpaired) electrons. The van der Waals surface area contributed by atoms with Crippen molar-refractivity contribution in [2.75, 3.05) is 18.0 Å². The van der Waals surface area contributed by atoms with Crippen molar-refractivity contribution in [2.45, 2.75) is 39.7 Å². The first kappa shape index (κ1) is 13.3. The van der Waals surface area contributed by atoms with Crippen LogP contribution in [0.15, 0.2) is 0 Å². The summed E-state index contributed by atoms with van der Waals surface area (Å²) in [6.07, 6.45) is 2.34. The van der Waals surface area contributed by atoms with Gasteiger partial charge in [0.2, 0.25) is 11.2 Å². The molecule has 1 aromatic rings. The van der Waals surface area contributed by atoms with Gasteiger partial charge in [-0.15, -0.1) is 0 Å². The van der Waals surface area contributed by atoms with Crippen LogP contribution in [0.3, 0.4) is 0 Å². The molecule has 1 saturated heterocycles. The summed E-state index contributed by atoms with van der Waals surface area (Å²) >= 11 is 5.91. The Morgan fingerprint density at radius 2 is 1.89 bits per heavy atom. The van der Waals surface area contributed by atoms with E-state index < -0.39 is 0 Å². The molecule has 0 saturated carbocycles. The van der Waals surface area contributed by atoms with Gasteiger partial charge in [-0.05, 0) is 44.2 Å². The number of piperidine rings is 1. The number of hydrogen-bond acceptors (Lipinski definition) is 5. The molecule has 0 N–H and O–H groups in total. The van der Waals surface area contributed by atoms with Gasteiger partial charge in [0.1, 0.15) is 0 Å². The Hall–Kier alpha value is -1.10. The monoisotopic (exact) mass is 270 g/mol. The second-order valence-corrected chi connectivity index (χ2v) is 5.36. The van der Waals surface area contributed by atoms with Gasteiger partial charge in [-0.1, -0.05) is 6.92 Å². The Balaban J connectivity index is 2.14. The summed E-state index contributed by atoms with van der Waals surface area (Å²) in [5, 5.41) is 0.189. The van der Waals surface area contributed by atoms with Crippen molar-refractivity contribution < 1.29 is 4.74 Å². The number of rotatable bonds is 3. The van der Waals surface area contributed by atoms with Crippen LogP contribution < -0.4 is 9.64 Å². The van der Waals surface area contributed by atoms with Gasteiger partial charge in [0.15, 0.2) is 0 Å². The molecule has 0 atom stereocenters. The van der Waals surface area contributed by atoms with E-state index in [-0.39, 0.29) is 11.4 Å². The first-order valence-electron chi connectivity index (χ1n) is 6.38. The van der Waals surface area contributed by atoms with Crippen LogP contribution in [-0.2, 0) is 0 Å².